The van der Waals surface area contributed by atoms with E-state index in [0.717, 1.165) is 19.4 Å². The van der Waals surface area contributed by atoms with Crippen LogP contribution in [0.5, 0.6) is 0 Å². The van der Waals surface area contributed by atoms with Crippen LogP contribution in [-0.2, 0) is 4.74 Å². The average Bonchev–Trinajstić information content (AvgIpc) is 2.88. The second kappa shape index (κ2) is 4.72. The van der Waals surface area contributed by atoms with Gasteiger partial charge in [-0.25, -0.2) is 4.98 Å². The number of thiazole rings is 1. The van der Waals surface area contributed by atoms with Gasteiger partial charge in [-0.3, -0.25) is 4.79 Å². The molecule has 1 saturated heterocycles. The minimum atomic E-state index is -0.0215. The molecule has 0 radical (unpaired) electrons. The van der Waals surface area contributed by atoms with E-state index < -0.39 is 0 Å². The third-order valence-corrected chi connectivity index (χ3v) is 3.09. The Balaban J connectivity index is 1.90. The van der Waals surface area contributed by atoms with E-state index in [4.69, 9.17) is 4.74 Å². The van der Waals surface area contributed by atoms with Crippen LogP contribution < -0.4 is 0 Å². The molecule has 2 rings (SSSR count). The van der Waals surface area contributed by atoms with Crippen molar-refractivity contribution in [2.24, 2.45) is 0 Å². The lowest BCUT2D eigenvalue weighted by Crippen LogP contribution is -2.34. The molecule has 0 spiro atoms. The van der Waals surface area contributed by atoms with Crippen molar-refractivity contribution in [3.05, 3.63) is 16.6 Å². The van der Waals surface area contributed by atoms with Crippen LogP contribution in [0.15, 0.2) is 10.9 Å². The van der Waals surface area contributed by atoms with Crippen LogP contribution in [0.2, 0.25) is 0 Å². The number of hydrogen-bond donors (Lipinski definition) is 0. The number of carbonyl (C=O) groups is 1. The van der Waals surface area contributed by atoms with Gasteiger partial charge in [0.2, 0.25) is 0 Å². The second-order valence-corrected chi connectivity index (χ2v) is 4.41. The molecule has 1 fully saturated rings. The Morgan fingerprint density at radius 1 is 1.80 bits per heavy atom. The maximum Gasteiger partial charge on any atom is 0.273 e. The van der Waals surface area contributed by atoms with Gasteiger partial charge < -0.3 is 9.64 Å². The number of carbonyl (C=O) groups excluding carboxylic acids is 1. The molecule has 1 aromatic rings. The van der Waals surface area contributed by atoms with E-state index >= 15 is 0 Å². The minimum absolute atomic E-state index is 0.0215. The molecule has 2 heterocycles. The highest BCUT2D eigenvalue weighted by molar-refractivity contribution is 7.07. The van der Waals surface area contributed by atoms with Crippen LogP contribution in [0.3, 0.4) is 0 Å². The molecule has 5 heteroatoms. The summed E-state index contributed by atoms with van der Waals surface area (Å²) in [4.78, 5) is 17.5. The zero-order valence-electron chi connectivity index (χ0n) is 8.68. The number of nitrogens with zero attached hydrogens (tertiary/aromatic N) is 2. The normalized spacial score (nSPS) is 20.5. The van der Waals surface area contributed by atoms with Gasteiger partial charge in [-0.05, 0) is 12.8 Å². The third kappa shape index (κ3) is 2.54. The Labute approximate surface area is 92.9 Å². The zero-order valence-corrected chi connectivity index (χ0v) is 9.50. The first-order chi connectivity index (χ1) is 7.27. The molecule has 0 aliphatic carbocycles. The third-order valence-electron chi connectivity index (χ3n) is 2.50. The molecule has 4 nitrogen and oxygen atoms in total. The van der Waals surface area contributed by atoms with Crippen molar-refractivity contribution in [3.63, 3.8) is 0 Å². The van der Waals surface area contributed by atoms with Crippen molar-refractivity contribution < 1.29 is 9.53 Å². The number of aromatic nitrogens is 1. The first-order valence-corrected chi connectivity index (χ1v) is 5.97. The summed E-state index contributed by atoms with van der Waals surface area (Å²) < 4.78 is 5.48. The van der Waals surface area contributed by atoms with Gasteiger partial charge in [0.05, 0.1) is 11.6 Å². The smallest absolute Gasteiger partial charge is 0.273 e. The van der Waals surface area contributed by atoms with Crippen LogP contribution in [0, 0.1) is 0 Å². The van der Waals surface area contributed by atoms with Crippen molar-refractivity contribution in [2.75, 3.05) is 20.2 Å². The SMILES string of the molecule is CN(CC1CCCO1)C(=O)c1cscn1. The fourth-order valence-electron chi connectivity index (χ4n) is 1.69. The first kappa shape index (κ1) is 10.6. The van der Waals surface area contributed by atoms with Crippen molar-refractivity contribution in [1.82, 2.24) is 9.88 Å². The lowest BCUT2D eigenvalue weighted by Gasteiger charge is -2.19. The molecular formula is C10H14N2O2S. The summed E-state index contributed by atoms with van der Waals surface area (Å²) in [6.45, 7) is 1.49. The van der Waals surface area contributed by atoms with Crippen LogP contribution in [-0.4, -0.2) is 42.1 Å². The molecule has 1 aromatic heterocycles. The lowest BCUT2D eigenvalue weighted by molar-refractivity contribution is 0.0583. The molecule has 0 N–H and O–H groups in total. The predicted octanol–water partition coefficient (Wildman–Crippen LogP) is 1.39. The predicted molar refractivity (Wildman–Crippen MR) is 58.0 cm³/mol. The van der Waals surface area contributed by atoms with E-state index in [1.165, 1.54) is 11.3 Å². The fraction of sp³-hybridized carbons (Fsp3) is 0.600. The van der Waals surface area contributed by atoms with Crippen LogP contribution >= 0.6 is 11.3 Å². The average molecular weight is 226 g/mol. The summed E-state index contributed by atoms with van der Waals surface area (Å²) in [5.74, 6) is -0.0215. The van der Waals surface area contributed by atoms with Gasteiger partial charge in [-0.2, -0.15) is 0 Å². The van der Waals surface area contributed by atoms with Gasteiger partial charge >= 0.3 is 0 Å². The monoisotopic (exact) mass is 226 g/mol. The number of rotatable bonds is 3. The quantitative estimate of drug-likeness (QED) is 0.782. The van der Waals surface area contributed by atoms with Crippen LogP contribution in [0.1, 0.15) is 23.3 Å². The highest BCUT2D eigenvalue weighted by atomic mass is 32.1. The van der Waals surface area contributed by atoms with Gasteiger partial charge in [0.1, 0.15) is 5.69 Å². The van der Waals surface area contributed by atoms with Crippen molar-refractivity contribution in [3.8, 4) is 0 Å². The maximum atomic E-state index is 11.8. The Morgan fingerprint density at radius 2 is 2.67 bits per heavy atom. The van der Waals surface area contributed by atoms with E-state index in [9.17, 15) is 4.79 Å². The topological polar surface area (TPSA) is 42.4 Å². The molecule has 0 aromatic carbocycles. The van der Waals surface area contributed by atoms with Gasteiger partial charge in [-0.1, -0.05) is 0 Å². The van der Waals surface area contributed by atoms with Crippen molar-refractivity contribution in [1.29, 1.82) is 0 Å². The van der Waals surface area contributed by atoms with Crippen molar-refractivity contribution >= 4 is 17.2 Å². The lowest BCUT2D eigenvalue weighted by atomic mass is 10.2. The number of likely N-dealkylation sites (N-methyl/N-ethyl adjacent to an activating group) is 1. The van der Waals surface area contributed by atoms with Gasteiger partial charge in [0, 0.05) is 25.6 Å². The number of hydrogen-bond acceptors (Lipinski definition) is 4. The summed E-state index contributed by atoms with van der Waals surface area (Å²) in [6, 6.07) is 0. The zero-order chi connectivity index (χ0) is 10.7. The highest BCUT2D eigenvalue weighted by Crippen LogP contribution is 2.14. The molecule has 1 aliphatic heterocycles. The Hall–Kier alpha value is -0.940. The maximum absolute atomic E-state index is 11.8. The first-order valence-electron chi connectivity index (χ1n) is 5.02. The van der Waals surface area contributed by atoms with Gasteiger partial charge in [-0.15, -0.1) is 11.3 Å². The minimum Gasteiger partial charge on any atom is -0.376 e. The number of ether oxygens (including phenoxy) is 1. The molecule has 1 amide bonds. The molecule has 1 atom stereocenters. The van der Waals surface area contributed by atoms with E-state index in [1.807, 2.05) is 0 Å². The van der Waals surface area contributed by atoms with Crippen LogP contribution in [0.4, 0.5) is 0 Å². The largest absolute Gasteiger partial charge is 0.376 e. The molecule has 82 valence electrons. The Kier molecular flexibility index (Phi) is 3.33. The second-order valence-electron chi connectivity index (χ2n) is 3.69. The van der Waals surface area contributed by atoms with Gasteiger partial charge in [0.25, 0.3) is 5.91 Å². The van der Waals surface area contributed by atoms with Crippen molar-refractivity contribution in [2.45, 2.75) is 18.9 Å². The summed E-state index contributed by atoms with van der Waals surface area (Å²) >= 11 is 1.44. The number of amides is 1. The van der Waals surface area contributed by atoms with Gasteiger partial charge in [0.15, 0.2) is 0 Å². The Bertz CT molecular complexity index is 320. The van der Waals surface area contributed by atoms with Crippen LogP contribution in [0.25, 0.3) is 0 Å². The fourth-order valence-corrected chi connectivity index (χ4v) is 2.22. The molecule has 0 saturated carbocycles. The summed E-state index contributed by atoms with van der Waals surface area (Å²) in [5, 5.41) is 1.77. The van der Waals surface area contributed by atoms with E-state index in [1.54, 1.807) is 22.8 Å². The summed E-state index contributed by atoms with van der Waals surface area (Å²) in [6.07, 6.45) is 2.36. The Morgan fingerprint density at radius 3 is 3.27 bits per heavy atom. The van der Waals surface area contributed by atoms with E-state index in [2.05, 4.69) is 4.98 Å². The van der Waals surface area contributed by atoms with E-state index in [-0.39, 0.29) is 12.0 Å². The van der Waals surface area contributed by atoms with E-state index in [0.29, 0.717) is 12.2 Å². The highest BCUT2D eigenvalue weighted by Gasteiger charge is 2.21. The molecule has 1 unspecified atom stereocenters. The summed E-state index contributed by atoms with van der Waals surface area (Å²) in [7, 11) is 1.80. The standard InChI is InChI=1S/C10H14N2O2S/c1-12(5-8-3-2-4-14-8)10(13)9-6-15-7-11-9/h6-8H,2-5H2,1H3. The molecule has 0 bridgehead atoms. The summed E-state index contributed by atoms with van der Waals surface area (Å²) in [5.41, 5.74) is 2.20. The molecular weight excluding hydrogens is 212 g/mol. The molecule has 15 heavy (non-hydrogen) atoms. The molecule has 1 aliphatic rings.